The molecule has 2 aliphatic rings. The molecule has 0 spiro atoms. The van der Waals surface area contributed by atoms with Crippen LogP contribution in [0.4, 0.5) is 13.2 Å². The number of methoxy groups -OCH3 is 1. The smallest absolute Gasteiger partial charge is 0.475 e. The fourth-order valence-corrected chi connectivity index (χ4v) is 4.09. The monoisotopic (exact) mass is 431 g/mol. The highest BCUT2D eigenvalue weighted by molar-refractivity contribution is 7.07. The van der Waals surface area contributed by atoms with Gasteiger partial charge in [-0.1, -0.05) is 0 Å². The summed E-state index contributed by atoms with van der Waals surface area (Å²) in [6.07, 6.45) is -0.257. The van der Waals surface area contributed by atoms with Gasteiger partial charge in [0.15, 0.2) is 0 Å². The van der Waals surface area contributed by atoms with Crippen LogP contribution in [0.2, 0.25) is 0 Å². The molecule has 0 saturated heterocycles. The van der Waals surface area contributed by atoms with Crippen molar-refractivity contribution in [3.05, 3.63) is 39.8 Å². The highest BCUT2D eigenvalue weighted by Crippen LogP contribution is 2.34. The zero-order valence-electron chi connectivity index (χ0n) is 16.1. The maximum atomic E-state index is 10.6. The highest BCUT2D eigenvalue weighted by atomic mass is 32.1. The molecule has 0 radical (unpaired) electrons. The summed E-state index contributed by atoms with van der Waals surface area (Å²) < 4.78 is 39.5. The summed E-state index contributed by atoms with van der Waals surface area (Å²) in [4.78, 5) is 11.4. The van der Waals surface area contributed by atoms with Gasteiger partial charge >= 0.3 is 12.1 Å². The van der Waals surface area contributed by atoms with E-state index in [1.54, 1.807) is 18.4 Å². The van der Waals surface area contributed by atoms with Crippen LogP contribution in [0.25, 0.3) is 0 Å². The summed E-state index contributed by atoms with van der Waals surface area (Å²) in [6, 6.07) is 2.23. The molecule has 1 aliphatic heterocycles. The molecule has 0 bridgehead atoms. The van der Waals surface area contributed by atoms with E-state index in [1.807, 2.05) is 0 Å². The molecule has 160 valence electrons. The van der Waals surface area contributed by atoms with Gasteiger partial charge in [-0.25, -0.2) is 4.79 Å². The fourth-order valence-electron chi connectivity index (χ4n) is 3.43. The lowest BCUT2D eigenvalue weighted by Gasteiger charge is -2.32. The molecular formula is C19H24F3N3O3S. The Labute approximate surface area is 170 Å². The van der Waals surface area contributed by atoms with Gasteiger partial charge in [-0.05, 0) is 41.1 Å². The molecule has 6 nitrogen and oxygen atoms in total. The van der Waals surface area contributed by atoms with Gasteiger partial charge in [0.05, 0.1) is 18.5 Å². The predicted octanol–water partition coefficient (Wildman–Crippen LogP) is 3.73. The summed E-state index contributed by atoms with van der Waals surface area (Å²) in [5.41, 5.74) is 4.23. The zero-order chi connectivity index (χ0) is 21.0. The molecule has 29 heavy (non-hydrogen) atoms. The topological polar surface area (TPSA) is 67.6 Å². The third-order valence-corrected chi connectivity index (χ3v) is 5.73. The summed E-state index contributed by atoms with van der Waals surface area (Å²) in [6.45, 7) is 4.98. The first kappa shape index (κ1) is 21.8. The Bertz CT molecular complexity index is 803. The van der Waals surface area contributed by atoms with E-state index in [9.17, 15) is 13.2 Å². The van der Waals surface area contributed by atoms with Gasteiger partial charge in [0.2, 0.25) is 0 Å². The van der Waals surface area contributed by atoms with Crippen molar-refractivity contribution in [2.75, 3.05) is 20.3 Å². The second-order valence-electron chi connectivity index (χ2n) is 7.43. The van der Waals surface area contributed by atoms with Gasteiger partial charge in [0.25, 0.3) is 0 Å². The molecule has 0 aromatic carbocycles. The largest absolute Gasteiger partial charge is 0.490 e. The Morgan fingerprint density at radius 1 is 1.41 bits per heavy atom. The second kappa shape index (κ2) is 9.27. The second-order valence-corrected chi connectivity index (χ2v) is 8.21. The minimum atomic E-state index is -5.08. The molecule has 2 aromatic rings. The summed E-state index contributed by atoms with van der Waals surface area (Å²) in [5.74, 6) is -1.45. The van der Waals surface area contributed by atoms with Crippen molar-refractivity contribution in [1.29, 1.82) is 0 Å². The molecular weight excluding hydrogens is 407 g/mol. The number of rotatable bonds is 6. The number of nitrogens with zero attached hydrogens (tertiary/aromatic N) is 3. The Morgan fingerprint density at radius 2 is 2.14 bits per heavy atom. The van der Waals surface area contributed by atoms with E-state index < -0.39 is 12.1 Å². The number of alkyl halides is 3. The van der Waals surface area contributed by atoms with E-state index >= 15 is 0 Å². The van der Waals surface area contributed by atoms with Gasteiger partial charge in [-0.15, -0.1) is 0 Å². The highest BCUT2D eigenvalue weighted by Gasteiger charge is 2.38. The number of thiophene rings is 1. The van der Waals surface area contributed by atoms with Crippen LogP contribution in [0.3, 0.4) is 0 Å². The van der Waals surface area contributed by atoms with Gasteiger partial charge in [-0.3, -0.25) is 9.58 Å². The third kappa shape index (κ3) is 6.03. The Morgan fingerprint density at radius 3 is 2.69 bits per heavy atom. The summed E-state index contributed by atoms with van der Waals surface area (Å²) in [7, 11) is 1.80. The van der Waals surface area contributed by atoms with Crippen molar-refractivity contribution >= 4 is 17.3 Å². The van der Waals surface area contributed by atoms with Crippen molar-refractivity contribution in [3.63, 3.8) is 0 Å². The number of aromatic nitrogens is 2. The first-order valence-electron chi connectivity index (χ1n) is 9.35. The number of carboxylic acid groups (broad SMARTS) is 1. The molecule has 1 saturated carbocycles. The number of hydrogen-bond acceptors (Lipinski definition) is 5. The lowest BCUT2D eigenvalue weighted by molar-refractivity contribution is -0.192. The molecule has 1 N–H and O–H groups in total. The van der Waals surface area contributed by atoms with E-state index in [1.165, 1.54) is 29.7 Å². The minimum absolute atomic E-state index is 0.445. The standard InChI is InChI=1S/C17H23N3OS.C2HF3O2/c1-21-11-15-9-19(7-14-4-5-22-12-14)10-17-16(15)6-18-20(17)8-13-2-3-13;3-2(4,5)1(6)7/h4-6,12-13,15H,2-3,7-11H2,1H3;(H,6,7). The SMILES string of the molecule is COCC1CN(Cc2ccsc2)Cc2c1cnn2CC1CC1.O=C(O)C(F)(F)F. The van der Waals surface area contributed by atoms with Crippen LogP contribution in [0.5, 0.6) is 0 Å². The van der Waals surface area contributed by atoms with E-state index in [2.05, 4.69) is 37.7 Å². The average molecular weight is 431 g/mol. The van der Waals surface area contributed by atoms with Crippen molar-refractivity contribution in [3.8, 4) is 0 Å². The van der Waals surface area contributed by atoms with Crippen LogP contribution in [-0.2, 0) is 29.2 Å². The van der Waals surface area contributed by atoms with Crippen molar-refractivity contribution in [2.24, 2.45) is 5.92 Å². The van der Waals surface area contributed by atoms with Crippen LogP contribution >= 0.6 is 11.3 Å². The summed E-state index contributed by atoms with van der Waals surface area (Å²) in [5, 5.41) is 16.2. The minimum Gasteiger partial charge on any atom is -0.475 e. The number of aliphatic carboxylic acids is 1. The maximum Gasteiger partial charge on any atom is 0.490 e. The first-order chi connectivity index (χ1) is 13.8. The molecule has 1 atom stereocenters. The van der Waals surface area contributed by atoms with Crippen LogP contribution < -0.4 is 0 Å². The van der Waals surface area contributed by atoms with Gasteiger partial charge in [-0.2, -0.15) is 29.6 Å². The number of carboxylic acids is 1. The van der Waals surface area contributed by atoms with Gasteiger partial charge in [0, 0.05) is 44.8 Å². The van der Waals surface area contributed by atoms with Gasteiger partial charge in [0.1, 0.15) is 0 Å². The van der Waals surface area contributed by atoms with Gasteiger partial charge < -0.3 is 9.84 Å². The van der Waals surface area contributed by atoms with E-state index in [0.717, 1.165) is 38.7 Å². The average Bonchev–Trinajstić information content (AvgIpc) is 3.14. The van der Waals surface area contributed by atoms with Crippen LogP contribution in [0, 0.1) is 5.92 Å². The van der Waals surface area contributed by atoms with Crippen molar-refractivity contribution < 1.29 is 27.8 Å². The van der Waals surface area contributed by atoms with E-state index in [-0.39, 0.29) is 0 Å². The summed E-state index contributed by atoms with van der Waals surface area (Å²) >= 11 is 1.78. The van der Waals surface area contributed by atoms with Crippen LogP contribution in [-0.4, -0.2) is 52.2 Å². The molecule has 3 heterocycles. The Kier molecular flexibility index (Phi) is 6.97. The van der Waals surface area contributed by atoms with Crippen molar-refractivity contribution in [1.82, 2.24) is 14.7 Å². The van der Waals surface area contributed by atoms with Crippen LogP contribution in [0.15, 0.2) is 23.0 Å². The molecule has 2 aromatic heterocycles. The van der Waals surface area contributed by atoms with E-state index in [4.69, 9.17) is 14.6 Å². The lowest BCUT2D eigenvalue weighted by atomic mass is 9.95. The molecule has 1 aliphatic carbocycles. The maximum absolute atomic E-state index is 10.6. The van der Waals surface area contributed by atoms with Crippen molar-refractivity contribution in [2.45, 2.75) is 44.6 Å². The van der Waals surface area contributed by atoms with Crippen LogP contribution in [0.1, 0.15) is 35.6 Å². The quantitative estimate of drug-likeness (QED) is 0.755. The Hall–Kier alpha value is -1.91. The molecule has 1 fully saturated rings. The van der Waals surface area contributed by atoms with E-state index in [0.29, 0.717) is 5.92 Å². The third-order valence-electron chi connectivity index (χ3n) is 5.00. The molecule has 4 rings (SSSR count). The predicted molar refractivity (Wildman–Crippen MR) is 102 cm³/mol. The molecule has 0 amide bonds. The normalized spacial score (nSPS) is 19.4. The number of hydrogen-bond donors (Lipinski definition) is 1. The number of ether oxygens (including phenoxy) is 1. The lowest BCUT2D eigenvalue weighted by Crippen LogP contribution is -2.35. The molecule has 10 heteroatoms. The first-order valence-corrected chi connectivity index (χ1v) is 10.3. The number of carbonyl (C=O) groups is 1. The molecule has 1 unspecified atom stereocenters. The number of halogens is 3. The fraction of sp³-hybridized carbons (Fsp3) is 0.579. The Balaban J connectivity index is 0.000000298. The number of fused-ring (bicyclic) bond motifs is 1. The zero-order valence-corrected chi connectivity index (χ0v) is 16.9.